The standard InChI is InChI=1S/C9H10N2O2/c1-3-4-5-10-9(12)8-7(2)11-6-13-8/h1,6H,4-5H2,2H3,(H,10,12). The van der Waals surface area contributed by atoms with E-state index in [-0.39, 0.29) is 11.7 Å². The van der Waals surface area contributed by atoms with Gasteiger partial charge in [-0.25, -0.2) is 4.98 Å². The van der Waals surface area contributed by atoms with Gasteiger partial charge in [-0.1, -0.05) is 0 Å². The van der Waals surface area contributed by atoms with E-state index in [1.807, 2.05) is 0 Å². The Morgan fingerprint density at radius 2 is 2.62 bits per heavy atom. The second-order valence-electron chi connectivity index (χ2n) is 2.48. The first kappa shape index (κ1) is 9.33. The molecule has 1 N–H and O–H groups in total. The Bertz CT molecular complexity index is 336. The van der Waals surface area contributed by atoms with E-state index in [1.165, 1.54) is 6.39 Å². The summed E-state index contributed by atoms with van der Waals surface area (Å²) in [5.74, 6) is 2.40. The van der Waals surface area contributed by atoms with Gasteiger partial charge in [0.15, 0.2) is 6.39 Å². The first-order valence-corrected chi connectivity index (χ1v) is 3.87. The largest absolute Gasteiger partial charge is 0.438 e. The fraction of sp³-hybridized carbons (Fsp3) is 0.333. The molecule has 0 atom stereocenters. The molecule has 1 rings (SSSR count). The molecule has 68 valence electrons. The summed E-state index contributed by atoms with van der Waals surface area (Å²) >= 11 is 0. The zero-order valence-electron chi connectivity index (χ0n) is 7.33. The van der Waals surface area contributed by atoms with Gasteiger partial charge in [0.1, 0.15) is 0 Å². The number of amides is 1. The molecule has 1 heterocycles. The second-order valence-corrected chi connectivity index (χ2v) is 2.48. The van der Waals surface area contributed by atoms with E-state index in [9.17, 15) is 4.79 Å². The molecule has 0 unspecified atom stereocenters. The average molecular weight is 178 g/mol. The normalized spacial score (nSPS) is 9.23. The Morgan fingerprint density at radius 3 is 3.15 bits per heavy atom. The van der Waals surface area contributed by atoms with Gasteiger partial charge in [0.05, 0.1) is 5.69 Å². The molecule has 1 aromatic heterocycles. The Hall–Kier alpha value is -1.76. The number of terminal acetylenes is 1. The molecule has 4 heteroatoms. The number of hydrogen-bond acceptors (Lipinski definition) is 3. The summed E-state index contributed by atoms with van der Waals surface area (Å²) in [6.07, 6.45) is 6.78. The van der Waals surface area contributed by atoms with Crippen molar-refractivity contribution in [1.82, 2.24) is 10.3 Å². The molecule has 4 nitrogen and oxygen atoms in total. The van der Waals surface area contributed by atoms with E-state index in [4.69, 9.17) is 10.8 Å². The van der Waals surface area contributed by atoms with Crippen molar-refractivity contribution in [2.24, 2.45) is 0 Å². The number of nitrogens with one attached hydrogen (secondary N) is 1. The molecule has 0 saturated carbocycles. The fourth-order valence-electron chi connectivity index (χ4n) is 0.848. The second kappa shape index (κ2) is 4.31. The van der Waals surface area contributed by atoms with Crippen LogP contribution in [0.1, 0.15) is 22.7 Å². The van der Waals surface area contributed by atoms with Crippen molar-refractivity contribution >= 4 is 5.91 Å². The summed E-state index contributed by atoms with van der Waals surface area (Å²) in [6, 6.07) is 0. The van der Waals surface area contributed by atoms with Gasteiger partial charge in [0, 0.05) is 13.0 Å². The monoisotopic (exact) mass is 178 g/mol. The van der Waals surface area contributed by atoms with E-state index < -0.39 is 0 Å². The maximum absolute atomic E-state index is 11.3. The van der Waals surface area contributed by atoms with Crippen LogP contribution in [-0.2, 0) is 0 Å². The Labute approximate surface area is 76.3 Å². The van der Waals surface area contributed by atoms with Gasteiger partial charge in [-0.3, -0.25) is 4.79 Å². The quantitative estimate of drug-likeness (QED) is 0.548. The molecule has 0 aliphatic heterocycles. The highest BCUT2D eigenvalue weighted by molar-refractivity contribution is 5.92. The van der Waals surface area contributed by atoms with Crippen LogP contribution in [0.25, 0.3) is 0 Å². The lowest BCUT2D eigenvalue weighted by Crippen LogP contribution is -2.24. The first-order chi connectivity index (χ1) is 6.25. The molecule has 1 amide bonds. The third-order valence-corrected chi connectivity index (χ3v) is 1.51. The predicted molar refractivity (Wildman–Crippen MR) is 47.0 cm³/mol. The summed E-state index contributed by atoms with van der Waals surface area (Å²) in [5.41, 5.74) is 0.582. The highest BCUT2D eigenvalue weighted by Crippen LogP contribution is 2.03. The third-order valence-electron chi connectivity index (χ3n) is 1.51. The maximum atomic E-state index is 11.3. The number of nitrogens with zero attached hydrogens (tertiary/aromatic N) is 1. The van der Waals surface area contributed by atoms with Crippen LogP contribution in [-0.4, -0.2) is 17.4 Å². The molecule has 0 aliphatic rings. The van der Waals surface area contributed by atoms with Gasteiger partial charge in [-0.15, -0.1) is 12.3 Å². The first-order valence-electron chi connectivity index (χ1n) is 3.87. The lowest BCUT2D eigenvalue weighted by Gasteiger charge is -1.99. The van der Waals surface area contributed by atoms with Crippen molar-refractivity contribution in [3.63, 3.8) is 0 Å². The van der Waals surface area contributed by atoms with Crippen LogP contribution in [0.15, 0.2) is 10.8 Å². The lowest BCUT2D eigenvalue weighted by atomic mass is 10.3. The van der Waals surface area contributed by atoms with Crippen molar-refractivity contribution in [3.8, 4) is 12.3 Å². The van der Waals surface area contributed by atoms with Crippen LogP contribution in [0.3, 0.4) is 0 Å². The van der Waals surface area contributed by atoms with Crippen molar-refractivity contribution in [3.05, 3.63) is 17.8 Å². The minimum atomic E-state index is -0.273. The number of aromatic nitrogens is 1. The molecule has 0 radical (unpaired) electrons. The highest BCUT2D eigenvalue weighted by Gasteiger charge is 2.12. The van der Waals surface area contributed by atoms with E-state index >= 15 is 0 Å². The highest BCUT2D eigenvalue weighted by atomic mass is 16.3. The molecule has 0 fully saturated rings. The minimum Gasteiger partial charge on any atom is -0.438 e. The molecule has 13 heavy (non-hydrogen) atoms. The van der Waals surface area contributed by atoms with Gasteiger partial charge in [0.25, 0.3) is 5.91 Å². The van der Waals surface area contributed by atoms with Gasteiger partial charge in [-0.2, -0.15) is 0 Å². The smallest absolute Gasteiger partial charge is 0.289 e. The van der Waals surface area contributed by atoms with Crippen LogP contribution in [0.2, 0.25) is 0 Å². The van der Waals surface area contributed by atoms with Gasteiger partial charge >= 0.3 is 0 Å². The lowest BCUT2D eigenvalue weighted by molar-refractivity contribution is 0.0926. The van der Waals surface area contributed by atoms with E-state index in [2.05, 4.69) is 16.2 Å². The summed E-state index contributed by atoms with van der Waals surface area (Å²) in [7, 11) is 0. The Morgan fingerprint density at radius 1 is 1.85 bits per heavy atom. The van der Waals surface area contributed by atoms with Gasteiger partial charge < -0.3 is 9.73 Å². The molecular formula is C9H10N2O2. The Kier molecular flexibility index (Phi) is 3.09. The molecule has 0 saturated heterocycles. The van der Waals surface area contributed by atoms with Crippen molar-refractivity contribution in [2.75, 3.05) is 6.54 Å². The minimum absolute atomic E-state index is 0.247. The average Bonchev–Trinajstić information content (AvgIpc) is 2.52. The summed E-state index contributed by atoms with van der Waals surface area (Å²) in [4.78, 5) is 15.1. The number of aryl methyl sites for hydroxylation is 1. The molecule has 0 bridgehead atoms. The number of rotatable bonds is 3. The molecule has 0 aliphatic carbocycles. The number of oxazole rings is 1. The van der Waals surface area contributed by atoms with Crippen molar-refractivity contribution in [1.29, 1.82) is 0 Å². The number of carbonyl (C=O) groups excluding carboxylic acids is 1. The SMILES string of the molecule is C#CCCNC(=O)c1ocnc1C. The fourth-order valence-corrected chi connectivity index (χ4v) is 0.848. The van der Waals surface area contributed by atoms with Crippen LogP contribution in [0, 0.1) is 19.3 Å². The van der Waals surface area contributed by atoms with E-state index in [0.717, 1.165) is 0 Å². The molecule has 1 aromatic rings. The van der Waals surface area contributed by atoms with Crippen LogP contribution in [0.4, 0.5) is 0 Å². The zero-order chi connectivity index (χ0) is 9.68. The number of carbonyl (C=O) groups is 1. The predicted octanol–water partition coefficient (Wildman–Crippen LogP) is 0.736. The zero-order valence-corrected chi connectivity index (χ0v) is 7.33. The summed E-state index contributed by atoms with van der Waals surface area (Å²) in [5, 5.41) is 2.61. The third kappa shape index (κ3) is 2.34. The molecule has 0 aromatic carbocycles. The van der Waals surface area contributed by atoms with Gasteiger partial charge in [0.2, 0.25) is 5.76 Å². The van der Waals surface area contributed by atoms with Crippen molar-refractivity contribution in [2.45, 2.75) is 13.3 Å². The topological polar surface area (TPSA) is 55.1 Å². The number of hydrogen-bond donors (Lipinski definition) is 1. The van der Waals surface area contributed by atoms with E-state index in [0.29, 0.717) is 18.7 Å². The van der Waals surface area contributed by atoms with Crippen molar-refractivity contribution < 1.29 is 9.21 Å². The maximum Gasteiger partial charge on any atom is 0.289 e. The molecule has 0 spiro atoms. The van der Waals surface area contributed by atoms with Crippen LogP contribution >= 0.6 is 0 Å². The van der Waals surface area contributed by atoms with Crippen LogP contribution < -0.4 is 5.32 Å². The van der Waals surface area contributed by atoms with Crippen LogP contribution in [0.5, 0.6) is 0 Å². The summed E-state index contributed by atoms with van der Waals surface area (Å²) < 4.78 is 4.88. The summed E-state index contributed by atoms with van der Waals surface area (Å²) in [6.45, 7) is 2.16. The van der Waals surface area contributed by atoms with E-state index in [1.54, 1.807) is 6.92 Å². The molecular weight excluding hydrogens is 168 g/mol. The van der Waals surface area contributed by atoms with Gasteiger partial charge in [-0.05, 0) is 6.92 Å². The Balaban J connectivity index is 2.50.